The summed E-state index contributed by atoms with van der Waals surface area (Å²) in [6, 6.07) is 6.53. The zero-order valence-electron chi connectivity index (χ0n) is 9.95. The first-order valence-electron chi connectivity index (χ1n) is 5.99. The number of rotatable bonds is 3. The normalized spacial score (nSPS) is 15.5. The van der Waals surface area contributed by atoms with Crippen LogP contribution in [0.4, 0.5) is 9.18 Å². The summed E-state index contributed by atoms with van der Waals surface area (Å²) >= 11 is 0. The number of nitrogens with zero attached hydrogens (tertiary/aromatic N) is 1. The van der Waals surface area contributed by atoms with E-state index in [0.29, 0.717) is 5.92 Å². The molecule has 0 aliphatic carbocycles. The van der Waals surface area contributed by atoms with Crippen LogP contribution in [0.2, 0.25) is 0 Å². The van der Waals surface area contributed by atoms with Gasteiger partial charge in [-0.25, -0.2) is 9.18 Å². The van der Waals surface area contributed by atoms with E-state index in [1.807, 2.05) is 6.92 Å². The van der Waals surface area contributed by atoms with Gasteiger partial charge >= 0.3 is 6.03 Å². The largest absolute Gasteiger partial charge is 0.338 e. The molecule has 0 bridgehead atoms. The highest BCUT2D eigenvalue weighted by atomic mass is 19.1. The van der Waals surface area contributed by atoms with Crippen molar-refractivity contribution in [1.82, 2.24) is 10.2 Å². The molecule has 1 aliphatic rings. The molecule has 3 nitrogen and oxygen atoms in total. The molecule has 17 heavy (non-hydrogen) atoms. The third kappa shape index (κ3) is 2.75. The van der Waals surface area contributed by atoms with Crippen molar-refractivity contribution < 1.29 is 9.18 Å². The smallest absolute Gasteiger partial charge is 0.317 e. The van der Waals surface area contributed by atoms with E-state index in [-0.39, 0.29) is 11.8 Å². The van der Waals surface area contributed by atoms with Gasteiger partial charge in [0.2, 0.25) is 0 Å². The molecule has 2 rings (SSSR count). The van der Waals surface area contributed by atoms with Crippen molar-refractivity contribution >= 4 is 6.03 Å². The molecule has 1 heterocycles. The lowest BCUT2D eigenvalue weighted by atomic mass is 9.92. The third-order valence-electron chi connectivity index (χ3n) is 3.04. The van der Waals surface area contributed by atoms with Gasteiger partial charge in [0.05, 0.1) is 0 Å². The SMILES string of the molecule is CCCNC(=O)N1CC(c2ccc(F)cc2)C1. The van der Waals surface area contributed by atoms with Crippen LogP contribution in [0.25, 0.3) is 0 Å². The summed E-state index contributed by atoms with van der Waals surface area (Å²) in [6.45, 7) is 4.19. The molecular formula is C13H17FN2O. The van der Waals surface area contributed by atoms with Crippen molar-refractivity contribution in [2.24, 2.45) is 0 Å². The van der Waals surface area contributed by atoms with Gasteiger partial charge < -0.3 is 10.2 Å². The zero-order chi connectivity index (χ0) is 12.3. The molecular weight excluding hydrogens is 219 g/mol. The second kappa shape index (κ2) is 5.17. The first-order chi connectivity index (χ1) is 8.20. The van der Waals surface area contributed by atoms with Crippen molar-refractivity contribution in [1.29, 1.82) is 0 Å². The number of likely N-dealkylation sites (tertiary alicyclic amines) is 1. The molecule has 0 unspecified atom stereocenters. The number of benzene rings is 1. The Kier molecular flexibility index (Phi) is 3.61. The standard InChI is InChI=1S/C13H17FN2O/c1-2-7-15-13(17)16-8-11(9-16)10-3-5-12(14)6-4-10/h3-6,11H,2,7-9H2,1H3,(H,15,17). The maximum Gasteiger partial charge on any atom is 0.317 e. The predicted octanol–water partition coefficient (Wildman–Crippen LogP) is 2.34. The summed E-state index contributed by atoms with van der Waals surface area (Å²) in [6.07, 6.45) is 0.945. The summed E-state index contributed by atoms with van der Waals surface area (Å²) in [5, 5.41) is 2.84. The lowest BCUT2D eigenvalue weighted by Gasteiger charge is -2.39. The Hall–Kier alpha value is -1.58. The van der Waals surface area contributed by atoms with E-state index >= 15 is 0 Å². The Morgan fingerprint density at radius 1 is 1.41 bits per heavy atom. The number of halogens is 1. The highest BCUT2D eigenvalue weighted by molar-refractivity contribution is 5.75. The van der Waals surface area contributed by atoms with Gasteiger partial charge in [-0.3, -0.25) is 0 Å². The Bertz CT molecular complexity index is 385. The lowest BCUT2D eigenvalue weighted by Crippen LogP contribution is -2.52. The highest BCUT2D eigenvalue weighted by Gasteiger charge is 2.31. The molecule has 0 aromatic heterocycles. The van der Waals surface area contributed by atoms with Crippen molar-refractivity contribution in [3.05, 3.63) is 35.6 Å². The molecule has 1 N–H and O–H groups in total. The fraction of sp³-hybridized carbons (Fsp3) is 0.462. The number of carbonyl (C=O) groups is 1. The Labute approximate surface area is 101 Å². The van der Waals surface area contributed by atoms with Crippen LogP contribution >= 0.6 is 0 Å². The number of amides is 2. The van der Waals surface area contributed by atoms with Gasteiger partial charge in [-0.05, 0) is 24.1 Å². The number of hydrogen-bond donors (Lipinski definition) is 1. The van der Waals surface area contributed by atoms with E-state index in [9.17, 15) is 9.18 Å². The molecule has 0 radical (unpaired) electrons. The minimum Gasteiger partial charge on any atom is -0.338 e. The van der Waals surface area contributed by atoms with E-state index in [1.54, 1.807) is 17.0 Å². The quantitative estimate of drug-likeness (QED) is 0.858. The Morgan fingerprint density at radius 3 is 2.65 bits per heavy atom. The first kappa shape index (κ1) is 11.9. The van der Waals surface area contributed by atoms with E-state index in [1.165, 1.54) is 12.1 Å². The van der Waals surface area contributed by atoms with Gasteiger partial charge in [-0.1, -0.05) is 19.1 Å². The van der Waals surface area contributed by atoms with Crippen LogP contribution in [-0.2, 0) is 0 Å². The van der Waals surface area contributed by atoms with Gasteiger partial charge in [-0.15, -0.1) is 0 Å². The van der Waals surface area contributed by atoms with Gasteiger partial charge in [0.15, 0.2) is 0 Å². The van der Waals surface area contributed by atoms with Gasteiger partial charge in [0, 0.05) is 25.6 Å². The van der Waals surface area contributed by atoms with Crippen LogP contribution in [0.3, 0.4) is 0 Å². The molecule has 4 heteroatoms. The van der Waals surface area contributed by atoms with Crippen molar-refractivity contribution in [2.75, 3.05) is 19.6 Å². The highest BCUT2D eigenvalue weighted by Crippen LogP contribution is 2.26. The van der Waals surface area contributed by atoms with E-state index < -0.39 is 0 Å². The summed E-state index contributed by atoms with van der Waals surface area (Å²) in [5.41, 5.74) is 1.10. The minimum absolute atomic E-state index is 0.00483. The minimum atomic E-state index is -0.217. The molecule has 92 valence electrons. The van der Waals surface area contributed by atoms with Crippen LogP contribution in [0.5, 0.6) is 0 Å². The number of nitrogens with one attached hydrogen (secondary N) is 1. The second-order valence-electron chi connectivity index (χ2n) is 4.39. The monoisotopic (exact) mass is 236 g/mol. The zero-order valence-corrected chi connectivity index (χ0v) is 9.95. The first-order valence-corrected chi connectivity index (χ1v) is 5.99. The summed E-state index contributed by atoms with van der Waals surface area (Å²) in [4.78, 5) is 13.4. The summed E-state index contributed by atoms with van der Waals surface area (Å²) < 4.78 is 12.7. The number of urea groups is 1. The van der Waals surface area contributed by atoms with E-state index in [0.717, 1.165) is 31.6 Å². The topological polar surface area (TPSA) is 32.3 Å². The molecule has 1 aromatic rings. The van der Waals surface area contributed by atoms with Crippen LogP contribution in [0.1, 0.15) is 24.8 Å². The molecule has 0 atom stereocenters. The molecule has 1 fully saturated rings. The summed E-state index contributed by atoms with van der Waals surface area (Å²) in [7, 11) is 0. The molecule has 1 saturated heterocycles. The molecule has 2 amide bonds. The Morgan fingerprint density at radius 2 is 2.06 bits per heavy atom. The molecule has 0 saturated carbocycles. The summed E-state index contributed by atoms with van der Waals surface area (Å²) in [5.74, 6) is 0.133. The molecule has 0 spiro atoms. The van der Waals surface area contributed by atoms with Crippen LogP contribution in [-0.4, -0.2) is 30.6 Å². The fourth-order valence-electron chi connectivity index (χ4n) is 1.93. The van der Waals surface area contributed by atoms with E-state index in [2.05, 4.69) is 5.32 Å². The van der Waals surface area contributed by atoms with Crippen LogP contribution in [0, 0.1) is 5.82 Å². The average molecular weight is 236 g/mol. The van der Waals surface area contributed by atoms with Crippen molar-refractivity contribution in [2.45, 2.75) is 19.3 Å². The van der Waals surface area contributed by atoms with E-state index in [4.69, 9.17) is 0 Å². The number of carbonyl (C=O) groups excluding carboxylic acids is 1. The van der Waals surface area contributed by atoms with Crippen molar-refractivity contribution in [3.8, 4) is 0 Å². The predicted molar refractivity (Wildman–Crippen MR) is 64.4 cm³/mol. The third-order valence-corrected chi connectivity index (χ3v) is 3.04. The Balaban J connectivity index is 1.82. The maximum atomic E-state index is 12.7. The lowest BCUT2D eigenvalue weighted by molar-refractivity contribution is 0.151. The fourth-order valence-corrected chi connectivity index (χ4v) is 1.93. The number of hydrogen-bond acceptors (Lipinski definition) is 1. The van der Waals surface area contributed by atoms with Gasteiger partial charge in [0.25, 0.3) is 0 Å². The molecule has 1 aromatic carbocycles. The second-order valence-corrected chi connectivity index (χ2v) is 4.39. The maximum absolute atomic E-state index is 12.7. The van der Waals surface area contributed by atoms with Crippen molar-refractivity contribution in [3.63, 3.8) is 0 Å². The van der Waals surface area contributed by atoms with Gasteiger partial charge in [-0.2, -0.15) is 0 Å². The van der Waals surface area contributed by atoms with Crippen LogP contribution in [0.15, 0.2) is 24.3 Å². The average Bonchev–Trinajstić information content (AvgIpc) is 2.27. The van der Waals surface area contributed by atoms with Crippen LogP contribution < -0.4 is 5.32 Å². The van der Waals surface area contributed by atoms with Gasteiger partial charge in [0.1, 0.15) is 5.82 Å². The molecule has 1 aliphatic heterocycles.